The van der Waals surface area contributed by atoms with Gasteiger partial charge in [-0.15, -0.1) is 0 Å². The van der Waals surface area contributed by atoms with E-state index in [1.54, 1.807) is 0 Å². The average Bonchev–Trinajstić information content (AvgIpc) is 2.26. The molecule has 0 aliphatic heterocycles. The third kappa shape index (κ3) is 3.69. The molecule has 0 aliphatic rings. The monoisotopic (exact) mass is 262 g/mol. The van der Waals surface area contributed by atoms with Gasteiger partial charge >= 0.3 is 6.18 Å². The molecule has 18 heavy (non-hydrogen) atoms. The fourth-order valence-electron chi connectivity index (χ4n) is 1.36. The molecule has 0 aliphatic carbocycles. The largest absolute Gasteiger partial charge is 0.417 e. The Kier molecular flexibility index (Phi) is 4.28. The smallest absolute Gasteiger partial charge is 0.392 e. The summed E-state index contributed by atoms with van der Waals surface area (Å²) >= 11 is 0. The molecule has 1 N–H and O–H groups in total. The van der Waals surface area contributed by atoms with Crippen LogP contribution in [0.2, 0.25) is 0 Å². The quantitative estimate of drug-likeness (QED) is 0.899. The van der Waals surface area contributed by atoms with Crippen LogP contribution >= 0.6 is 0 Å². The second-order valence-corrected chi connectivity index (χ2v) is 3.96. The van der Waals surface area contributed by atoms with Gasteiger partial charge in [0.2, 0.25) is 0 Å². The van der Waals surface area contributed by atoms with Gasteiger partial charge in [0.05, 0.1) is 11.7 Å². The van der Waals surface area contributed by atoms with E-state index < -0.39 is 23.8 Å². The number of likely N-dealkylation sites (N-methyl/N-ethyl adjacent to an activating group) is 1. The summed E-state index contributed by atoms with van der Waals surface area (Å²) in [5.74, 6) is -0.537. The number of pyridine rings is 1. The summed E-state index contributed by atoms with van der Waals surface area (Å²) in [6.07, 6.45) is -4.57. The minimum Gasteiger partial charge on any atom is -0.392 e. The van der Waals surface area contributed by atoms with Crippen molar-refractivity contribution in [3.05, 3.63) is 29.6 Å². The zero-order valence-corrected chi connectivity index (χ0v) is 9.90. The van der Waals surface area contributed by atoms with E-state index in [-0.39, 0.29) is 12.2 Å². The lowest BCUT2D eigenvalue weighted by Crippen LogP contribution is -2.33. The van der Waals surface area contributed by atoms with Crippen LogP contribution in [-0.4, -0.2) is 40.6 Å². The van der Waals surface area contributed by atoms with Crippen molar-refractivity contribution in [2.24, 2.45) is 0 Å². The van der Waals surface area contributed by atoms with Gasteiger partial charge in [-0.2, -0.15) is 13.2 Å². The van der Waals surface area contributed by atoms with E-state index in [0.717, 1.165) is 12.1 Å². The number of amides is 1. The molecule has 1 unspecified atom stereocenters. The standard InChI is InChI=1S/C11H13F3N2O2/c1-7(17)6-16(2)10(18)9-4-3-8(5-15-9)11(12,13)14/h3-5,7,17H,6H2,1-2H3. The van der Waals surface area contributed by atoms with E-state index in [1.807, 2.05) is 0 Å². The zero-order valence-electron chi connectivity index (χ0n) is 9.90. The number of aliphatic hydroxyl groups excluding tert-OH is 1. The number of carbonyl (C=O) groups excluding carboxylic acids is 1. The second-order valence-electron chi connectivity index (χ2n) is 3.96. The molecule has 7 heteroatoms. The summed E-state index contributed by atoms with van der Waals surface area (Å²) in [6.45, 7) is 1.59. The normalized spacial score (nSPS) is 13.2. The first-order valence-corrected chi connectivity index (χ1v) is 5.18. The van der Waals surface area contributed by atoms with Gasteiger partial charge in [-0.25, -0.2) is 0 Å². The maximum Gasteiger partial charge on any atom is 0.417 e. The Bertz CT molecular complexity index is 415. The Labute approximate surface area is 102 Å². The molecule has 0 aromatic carbocycles. The molecule has 0 saturated heterocycles. The van der Waals surface area contributed by atoms with Crippen LogP contribution in [-0.2, 0) is 6.18 Å². The number of hydrogen-bond acceptors (Lipinski definition) is 3. The predicted octanol–water partition coefficient (Wildman–Crippen LogP) is 1.55. The highest BCUT2D eigenvalue weighted by Gasteiger charge is 2.31. The van der Waals surface area contributed by atoms with Crippen molar-refractivity contribution in [3.63, 3.8) is 0 Å². The molecule has 0 bridgehead atoms. The highest BCUT2D eigenvalue weighted by atomic mass is 19.4. The number of alkyl halides is 3. The maximum absolute atomic E-state index is 12.3. The second kappa shape index (κ2) is 5.34. The van der Waals surface area contributed by atoms with Crippen molar-refractivity contribution in [1.82, 2.24) is 9.88 Å². The predicted molar refractivity (Wildman–Crippen MR) is 57.9 cm³/mol. The molecule has 0 spiro atoms. The minimum atomic E-state index is -4.47. The van der Waals surface area contributed by atoms with E-state index in [4.69, 9.17) is 5.11 Å². The molecule has 0 fully saturated rings. The molecule has 1 rings (SSSR count). The lowest BCUT2D eigenvalue weighted by molar-refractivity contribution is -0.137. The fraction of sp³-hybridized carbons (Fsp3) is 0.455. The summed E-state index contributed by atoms with van der Waals surface area (Å²) in [6, 6.07) is 1.82. The SMILES string of the molecule is CC(O)CN(C)C(=O)c1ccc(C(F)(F)F)cn1. The van der Waals surface area contributed by atoms with Crippen molar-refractivity contribution in [2.75, 3.05) is 13.6 Å². The summed E-state index contributed by atoms with van der Waals surface area (Å²) in [4.78, 5) is 16.4. The van der Waals surface area contributed by atoms with Gasteiger partial charge in [-0.05, 0) is 19.1 Å². The lowest BCUT2D eigenvalue weighted by Gasteiger charge is -2.18. The van der Waals surface area contributed by atoms with Crippen LogP contribution in [0.1, 0.15) is 23.0 Å². The van der Waals surface area contributed by atoms with E-state index in [0.29, 0.717) is 6.20 Å². The third-order valence-corrected chi connectivity index (χ3v) is 2.19. The van der Waals surface area contributed by atoms with Crippen molar-refractivity contribution in [1.29, 1.82) is 0 Å². The van der Waals surface area contributed by atoms with Gasteiger partial charge in [-0.1, -0.05) is 0 Å². The van der Waals surface area contributed by atoms with E-state index in [9.17, 15) is 18.0 Å². The highest BCUT2D eigenvalue weighted by molar-refractivity contribution is 5.92. The summed E-state index contributed by atoms with van der Waals surface area (Å²) < 4.78 is 36.8. The van der Waals surface area contributed by atoms with Crippen LogP contribution in [0, 0.1) is 0 Å². The number of halogens is 3. The molecule has 0 saturated carbocycles. The molecule has 1 aromatic heterocycles. The zero-order chi connectivity index (χ0) is 13.9. The molecular weight excluding hydrogens is 249 g/mol. The highest BCUT2D eigenvalue weighted by Crippen LogP contribution is 2.28. The first-order valence-electron chi connectivity index (χ1n) is 5.18. The molecule has 1 amide bonds. The van der Waals surface area contributed by atoms with Crippen LogP contribution in [0.25, 0.3) is 0 Å². The van der Waals surface area contributed by atoms with Crippen molar-refractivity contribution in [2.45, 2.75) is 19.2 Å². The first kappa shape index (κ1) is 14.4. The Morgan fingerprint density at radius 1 is 1.50 bits per heavy atom. The number of aromatic nitrogens is 1. The molecule has 1 heterocycles. The van der Waals surface area contributed by atoms with E-state index in [2.05, 4.69) is 4.98 Å². The van der Waals surface area contributed by atoms with Crippen LogP contribution in [0.3, 0.4) is 0 Å². The number of carbonyl (C=O) groups is 1. The molecule has 0 radical (unpaired) electrons. The van der Waals surface area contributed by atoms with Crippen molar-refractivity contribution in [3.8, 4) is 0 Å². The van der Waals surface area contributed by atoms with Gasteiger partial charge in [0, 0.05) is 19.8 Å². The Hall–Kier alpha value is -1.63. The number of nitrogens with zero attached hydrogens (tertiary/aromatic N) is 2. The number of aliphatic hydroxyl groups is 1. The average molecular weight is 262 g/mol. The summed E-state index contributed by atoms with van der Waals surface area (Å²) in [5.41, 5.74) is -0.997. The van der Waals surface area contributed by atoms with E-state index in [1.165, 1.54) is 18.9 Å². The Morgan fingerprint density at radius 2 is 2.11 bits per heavy atom. The lowest BCUT2D eigenvalue weighted by atomic mass is 10.2. The fourth-order valence-corrected chi connectivity index (χ4v) is 1.36. The molecular formula is C11H13F3N2O2. The molecule has 1 atom stereocenters. The third-order valence-electron chi connectivity index (χ3n) is 2.19. The maximum atomic E-state index is 12.3. The summed E-state index contributed by atoms with van der Waals surface area (Å²) in [7, 11) is 1.44. The minimum absolute atomic E-state index is 0.0849. The van der Waals surface area contributed by atoms with Gasteiger partial charge < -0.3 is 10.0 Å². The van der Waals surface area contributed by atoms with Gasteiger partial charge in [0.1, 0.15) is 5.69 Å². The topological polar surface area (TPSA) is 53.4 Å². The molecule has 1 aromatic rings. The van der Waals surface area contributed by atoms with Crippen LogP contribution in [0.5, 0.6) is 0 Å². The summed E-state index contributed by atoms with van der Waals surface area (Å²) in [5, 5.41) is 9.11. The Balaban J connectivity index is 2.82. The number of hydrogen-bond donors (Lipinski definition) is 1. The van der Waals surface area contributed by atoms with Gasteiger partial charge in [0.25, 0.3) is 5.91 Å². The molecule has 100 valence electrons. The van der Waals surface area contributed by atoms with Crippen LogP contribution in [0.15, 0.2) is 18.3 Å². The van der Waals surface area contributed by atoms with Gasteiger partial charge in [0.15, 0.2) is 0 Å². The van der Waals surface area contributed by atoms with Crippen molar-refractivity contribution < 1.29 is 23.1 Å². The van der Waals surface area contributed by atoms with Crippen LogP contribution < -0.4 is 0 Å². The number of rotatable bonds is 3. The van der Waals surface area contributed by atoms with Crippen LogP contribution in [0.4, 0.5) is 13.2 Å². The molecule has 4 nitrogen and oxygen atoms in total. The first-order chi connectivity index (χ1) is 8.21. The van der Waals surface area contributed by atoms with Gasteiger partial charge in [-0.3, -0.25) is 9.78 Å². The van der Waals surface area contributed by atoms with Crippen molar-refractivity contribution >= 4 is 5.91 Å². The van der Waals surface area contributed by atoms with E-state index >= 15 is 0 Å². The Morgan fingerprint density at radius 3 is 2.50 bits per heavy atom.